The number of carbonyl (C=O) groups excluding carboxylic acids is 10. The highest BCUT2D eigenvalue weighted by molar-refractivity contribution is 7.98. The van der Waals surface area contributed by atoms with Crippen LogP contribution in [0.4, 0.5) is 8.78 Å². The summed E-state index contributed by atoms with van der Waals surface area (Å²) in [4.78, 5) is 171. The van der Waals surface area contributed by atoms with Crippen LogP contribution < -0.4 is 48.3 Å². The third-order valence-corrected chi connectivity index (χ3v) is 19.4. The number of carboxylic acid groups (broad SMARTS) is 1. The minimum atomic E-state index is -2.06. The number of rotatable bonds is 12. The number of halogens is 2. The van der Waals surface area contributed by atoms with Crippen molar-refractivity contribution < 1.29 is 76.8 Å². The molecule has 4 aromatic carbocycles. The van der Waals surface area contributed by atoms with Gasteiger partial charge in [0, 0.05) is 108 Å². The number of aromatic hydroxyl groups is 1. The smallest absolute Gasteiger partial charge is 0.305 e. The van der Waals surface area contributed by atoms with Gasteiger partial charge in [-0.15, -0.1) is 0 Å². The summed E-state index contributed by atoms with van der Waals surface area (Å²) < 4.78 is 29.8. The van der Waals surface area contributed by atoms with Crippen molar-refractivity contribution in [1.82, 2.24) is 67.4 Å². The van der Waals surface area contributed by atoms with E-state index >= 15 is 19.2 Å². The molecular weight excluding hydrogens is 1340 g/mol. The van der Waals surface area contributed by atoms with Gasteiger partial charge < -0.3 is 83.4 Å². The highest BCUT2D eigenvalue weighted by Gasteiger charge is 2.49. The molecule has 2 aliphatic rings. The number of amides is 10. The second-order valence-electron chi connectivity index (χ2n) is 25.3. The Bertz CT molecular complexity index is 4190. The fraction of sp³-hybridized carbons (Fsp3) is 0.382. The van der Waals surface area contributed by atoms with E-state index < -0.39 is 162 Å². The SMILES string of the molecule is CC(C)(O)[C@@H]1NC(=O)CCSCc2cccc(c2)CSC[C@@H](C(N)=O)NC(=O)[C@]2(C)CCCN2C(=O)[C@H](Cc2ccc(O)cc2)NC(=O)[C@H](Cc2cnc[nH]2)NC(=O)[C@H](CC(=O)O)NC(=O)[C@H](Cc2c[nH]c3ccc(F)cc23)NC(=O)[C@H](Cc2c[nH]c3ccc(F)cc23)NC(=O)CNC1=O. The zero-order chi connectivity index (χ0) is 72.0. The average molecular weight is 1420 g/mol. The van der Waals surface area contributed by atoms with Gasteiger partial charge in [-0.2, -0.15) is 23.5 Å². The molecule has 3 aromatic heterocycles. The maximum absolute atomic E-state index is 15.2. The zero-order valence-electron chi connectivity index (χ0n) is 54.7. The quantitative estimate of drug-likeness (QED) is 0.0829. The van der Waals surface area contributed by atoms with Crippen LogP contribution in [0.2, 0.25) is 0 Å². The first-order valence-corrected chi connectivity index (χ1v) is 34.3. The lowest BCUT2D eigenvalue weighted by atomic mass is 9.95. The van der Waals surface area contributed by atoms with Crippen molar-refractivity contribution in [3.63, 3.8) is 0 Å². The molecule has 28 nitrogen and oxygen atoms in total. The molecule has 2 bridgehead atoms. The highest BCUT2D eigenvalue weighted by Crippen LogP contribution is 2.32. The summed E-state index contributed by atoms with van der Waals surface area (Å²) in [5, 5.41) is 52.7. The van der Waals surface area contributed by atoms with Crippen LogP contribution in [0.1, 0.15) is 80.0 Å². The van der Waals surface area contributed by atoms with Gasteiger partial charge in [0.1, 0.15) is 65.2 Å². The number of phenolic OH excluding ortho intramolecular Hbond substituents is 1. The number of aliphatic hydroxyl groups is 1. The molecule has 530 valence electrons. The summed E-state index contributed by atoms with van der Waals surface area (Å²) >= 11 is 2.71. The van der Waals surface area contributed by atoms with Gasteiger partial charge in [0.05, 0.1) is 24.9 Å². The maximum Gasteiger partial charge on any atom is 0.305 e. The number of aromatic nitrogens is 4. The summed E-state index contributed by atoms with van der Waals surface area (Å²) in [5.41, 5.74) is 6.11. The Morgan fingerprint density at radius 3 is 1.82 bits per heavy atom. The molecule has 0 saturated carbocycles. The molecule has 1 fully saturated rings. The van der Waals surface area contributed by atoms with Gasteiger partial charge in [0.25, 0.3) is 0 Å². The van der Waals surface area contributed by atoms with Crippen molar-refractivity contribution in [3.8, 4) is 5.75 Å². The fourth-order valence-corrected chi connectivity index (χ4v) is 13.8. The van der Waals surface area contributed by atoms with Crippen LogP contribution in [-0.2, 0) is 89.9 Å². The van der Waals surface area contributed by atoms with Crippen molar-refractivity contribution in [1.29, 1.82) is 0 Å². The highest BCUT2D eigenvalue weighted by atomic mass is 32.2. The number of H-pyrrole nitrogens is 3. The molecular formula is C68H78F2N14O14S2. The molecule has 32 heteroatoms. The van der Waals surface area contributed by atoms with E-state index in [4.69, 9.17) is 5.73 Å². The van der Waals surface area contributed by atoms with Crippen LogP contribution in [0.25, 0.3) is 21.8 Å². The van der Waals surface area contributed by atoms with Gasteiger partial charge in [0.15, 0.2) is 0 Å². The first-order chi connectivity index (χ1) is 47.6. The number of aromatic amines is 3. The van der Waals surface area contributed by atoms with Gasteiger partial charge in [0.2, 0.25) is 59.1 Å². The number of hydrogen-bond acceptors (Lipinski definition) is 16. The van der Waals surface area contributed by atoms with E-state index in [9.17, 15) is 57.7 Å². The van der Waals surface area contributed by atoms with Crippen molar-refractivity contribution in [2.24, 2.45) is 5.73 Å². The van der Waals surface area contributed by atoms with Crippen molar-refractivity contribution in [2.75, 3.05) is 24.6 Å². The number of nitrogens with zero attached hydrogens (tertiary/aromatic N) is 2. The van der Waals surface area contributed by atoms with Gasteiger partial charge in [-0.3, -0.25) is 52.7 Å². The Morgan fingerprint density at radius 2 is 1.24 bits per heavy atom. The number of fused-ring (bicyclic) bond motifs is 5. The summed E-state index contributed by atoms with van der Waals surface area (Å²) in [6, 6.07) is 9.13. The number of benzene rings is 4. The molecule has 16 N–H and O–H groups in total. The van der Waals surface area contributed by atoms with Crippen LogP contribution in [0.15, 0.2) is 110 Å². The minimum Gasteiger partial charge on any atom is -0.508 e. The number of carbonyl (C=O) groups is 11. The standard InChI is InChI=1S/C68H78F2N14O14S2/c1-67(2,98)58-64(95)75-31-56(87)77-49(22-39-28-73-47-14-10-41(69)24-45(39)47)60(91)78-50(23-40-29-74-48-15-11-42(70)25-46(40)48)61(92)80-52(27-57(88)89)63(94)79-51(26-43-30-72-35-76-43)62(93)81-53(21-36-8-12-44(85)13-9-36)65(96)84-18-5-17-68(84,3)66(97)82-54(59(71)90)34-100-33-38-7-4-6-37(20-38)32-99-19-16-55(86)83-58/h4,6-15,20,24-25,28-30,35,49-54,58,73-74,85,98H,5,16-19,21-23,26-27,31-34H2,1-3H3,(H2,71,90)(H,72,76)(H,75,95)(H,77,87)(H,78,91)(H,79,94)(H,80,92)(H,81,93)(H,82,97)(H,83,86)(H,88,89)/t49-,50-,51-,52-,53-,54-,58+,68-/m0/s1. The van der Waals surface area contributed by atoms with E-state index in [0.717, 1.165) is 17.2 Å². The Labute approximate surface area is 580 Å². The molecule has 10 amide bonds. The summed E-state index contributed by atoms with van der Waals surface area (Å²) in [5.74, 6) is -11.5. The molecule has 1 saturated heterocycles. The van der Waals surface area contributed by atoms with E-state index in [2.05, 4.69) is 62.5 Å². The third kappa shape index (κ3) is 19.5. The Kier molecular flexibility index (Phi) is 24.4. The summed E-state index contributed by atoms with van der Waals surface area (Å²) in [7, 11) is 0. The molecule has 9 rings (SSSR count). The van der Waals surface area contributed by atoms with E-state index in [1.807, 2.05) is 24.3 Å². The molecule has 0 aliphatic carbocycles. The number of primary amides is 1. The first kappa shape index (κ1) is 73.9. The van der Waals surface area contributed by atoms with E-state index in [0.29, 0.717) is 39.9 Å². The normalized spacial score (nSPS) is 23.0. The molecule has 2 aliphatic heterocycles. The lowest BCUT2D eigenvalue weighted by molar-refractivity contribution is -0.147. The van der Waals surface area contributed by atoms with Crippen LogP contribution >= 0.6 is 23.5 Å². The zero-order valence-corrected chi connectivity index (χ0v) is 56.3. The van der Waals surface area contributed by atoms with Gasteiger partial charge in [-0.25, -0.2) is 13.8 Å². The number of aliphatic carboxylic acids is 1. The monoisotopic (exact) mass is 1420 g/mol. The summed E-state index contributed by atoms with van der Waals surface area (Å²) in [6.45, 7) is 3.20. The Balaban J connectivity index is 1.06. The second kappa shape index (κ2) is 33.0. The molecule has 8 atom stereocenters. The van der Waals surface area contributed by atoms with Crippen molar-refractivity contribution in [3.05, 3.63) is 155 Å². The molecule has 7 aromatic rings. The number of phenols is 1. The van der Waals surface area contributed by atoms with Crippen molar-refractivity contribution >= 4 is 110 Å². The Morgan fingerprint density at radius 1 is 0.670 bits per heavy atom. The summed E-state index contributed by atoms with van der Waals surface area (Å²) in [6.07, 6.45) is 3.09. The third-order valence-electron chi connectivity index (χ3n) is 17.2. The topological polar surface area (TPSA) is 434 Å². The number of nitrogens with one attached hydrogen (secondary N) is 11. The molecule has 100 heavy (non-hydrogen) atoms. The van der Waals surface area contributed by atoms with Crippen LogP contribution in [0.5, 0.6) is 5.75 Å². The predicted octanol–water partition coefficient (Wildman–Crippen LogP) is 1.82. The first-order valence-electron chi connectivity index (χ1n) is 32.0. The van der Waals surface area contributed by atoms with Gasteiger partial charge >= 0.3 is 5.97 Å². The number of carboxylic acids is 1. The largest absolute Gasteiger partial charge is 0.508 e. The predicted molar refractivity (Wildman–Crippen MR) is 365 cm³/mol. The average Bonchev–Trinajstić information content (AvgIpc) is 1.56. The molecule has 5 heterocycles. The van der Waals surface area contributed by atoms with E-state index in [-0.39, 0.29) is 65.3 Å². The van der Waals surface area contributed by atoms with Crippen molar-refractivity contribution in [2.45, 2.75) is 137 Å². The maximum atomic E-state index is 15.2. The number of thioether (sulfide) groups is 2. The number of hydrogen-bond donors (Lipinski definition) is 15. The van der Waals surface area contributed by atoms with Crippen LogP contribution in [0, 0.1) is 11.6 Å². The van der Waals surface area contributed by atoms with Gasteiger partial charge in [-0.1, -0.05) is 36.4 Å². The van der Waals surface area contributed by atoms with Gasteiger partial charge in [-0.05, 0) is 110 Å². The molecule has 0 spiro atoms. The Hall–Kier alpha value is -10.3. The second-order valence-corrected chi connectivity index (χ2v) is 27.5. The number of nitrogens with two attached hydrogens (primary N) is 1. The molecule has 0 unspecified atom stereocenters. The van der Waals surface area contributed by atoms with Crippen LogP contribution in [-0.4, -0.2) is 183 Å². The lowest BCUT2D eigenvalue weighted by Gasteiger charge is -2.37. The van der Waals surface area contributed by atoms with E-state index in [1.54, 1.807) is 0 Å². The number of imidazole rings is 1. The van der Waals surface area contributed by atoms with Crippen LogP contribution in [0.3, 0.4) is 0 Å². The van der Waals surface area contributed by atoms with E-state index in [1.165, 1.54) is 129 Å². The minimum absolute atomic E-state index is 0.00759. The fourth-order valence-electron chi connectivity index (χ4n) is 11.9. The lowest BCUT2D eigenvalue weighted by Crippen LogP contribution is -2.63. The molecule has 0 radical (unpaired) electrons.